The van der Waals surface area contributed by atoms with E-state index < -0.39 is 0 Å². The molecule has 0 fully saturated rings. The monoisotopic (exact) mass is 359 g/mol. The van der Waals surface area contributed by atoms with Crippen molar-refractivity contribution < 1.29 is 9.53 Å². The third-order valence-corrected chi connectivity index (χ3v) is 4.02. The average molecular weight is 359 g/mol. The number of rotatable bonds is 4. The Balaban J connectivity index is 1.43. The molecule has 2 aromatic heterocycles. The minimum absolute atomic E-state index is 0.315. The zero-order chi connectivity index (χ0) is 18.6. The second-order valence-corrected chi connectivity index (χ2v) is 5.84. The van der Waals surface area contributed by atoms with Gasteiger partial charge < -0.3 is 15.4 Å². The summed E-state index contributed by atoms with van der Waals surface area (Å²) in [5.41, 5.74) is 3.14. The highest BCUT2D eigenvalue weighted by molar-refractivity contribution is 5.99. The van der Waals surface area contributed by atoms with Gasteiger partial charge in [0.2, 0.25) is 5.78 Å². The van der Waals surface area contributed by atoms with Crippen LogP contribution in [0.25, 0.3) is 17.0 Å². The highest BCUT2D eigenvalue weighted by Gasteiger charge is 2.06. The van der Waals surface area contributed by atoms with Gasteiger partial charge in [0, 0.05) is 35.5 Å². The Bertz CT molecular complexity index is 1040. The van der Waals surface area contributed by atoms with E-state index in [0.717, 1.165) is 17.0 Å². The van der Waals surface area contributed by atoms with Crippen LogP contribution in [0.2, 0.25) is 0 Å². The first-order chi connectivity index (χ1) is 13.2. The maximum atomic E-state index is 12.1. The van der Waals surface area contributed by atoms with Crippen LogP contribution in [0, 0.1) is 0 Å². The van der Waals surface area contributed by atoms with E-state index >= 15 is 0 Å². The van der Waals surface area contributed by atoms with Crippen LogP contribution in [0.5, 0.6) is 5.75 Å². The quantitative estimate of drug-likeness (QED) is 0.576. The van der Waals surface area contributed by atoms with Gasteiger partial charge in [-0.3, -0.25) is 4.40 Å². The van der Waals surface area contributed by atoms with Crippen molar-refractivity contribution in [3.8, 4) is 17.0 Å². The predicted molar refractivity (Wildman–Crippen MR) is 104 cm³/mol. The van der Waals surface area contributed by atoms with Crippen LogP contribution in [0.1, 0.15) is 0 Å². The number of fused-ring (bicyclic) bond motifs is 1. The van der Waals surface area contributed by atoms with Gasteiger partial charge in [0.05, 0.1) is 12.8 Å². The fourth-order valence-electron chi connectivity index (χ4n) is 2.66. The Hall–Kier alpha value is -3.87. The summed E-state index contributed by atoms with van der Waals surface area (Å²) in [6, 6.07) is 16.1. The molecule has 27 heavy (non-hydrogen) atoms. The Labute approximate surface area is 155 Å². The molecule has 0 aliphatic heterocycles. The Morgan fingerprint density at radius 2 is 1.67 bits per heavy atom. The molecule has 7 heteroatoms. The van der Waals surface area contributed by atoms with Crippen molar-refractivity contribution in [1.29, 1.82) is 0 Å². The number of anilines is 2. The number of imidazole rings is 1. The van der Waals surface area contributed by atoms with Crippen LogP contribution < -0.4 is 15.4 Å². The third kappa shape index (κ3) is 3.72. The molecule has 2 N–H and O–H groups in total. The van der Waals surface area contributed by atoms with Crippen LogP contribution in [0.4, 0.5) is 16.2 Å². The maximum absolute atomic E-state index is 12.1. The van der Waals surface area contributed by atoms with Crippen molar-refractivity contribution in [3.05, 3.63) is 73.2 Å². The smallest absolute Gasteiger partial charge is 0.323 e. The zero-order valence-electron chi connectivity index (χ0n) is 14.6. The van der Waals surface area contributed by atoms with Crippen LogP contribution in [0.3, 0.4) is 0 Å². The van der Waals surface area contributed by atoms with Crippen molar-refractivity contribution in [2.45, 2.75) is 0 Å². The molecule has 2 amide bonds. The first-order valence-corrected chi connectivity index (χ1v) is 8.33. The van der Waals surface area contributed by atoms with Gasteiger partial charge in [-0.15, -0.1) is 0 Å². The first kappa shape index (κ1) is 16.6. The van der Waals surface area contributed by atoms with E-state index in [1.807, 2.05) is 47.1 Å². The molecular weight excluding hydrogens is 342 g/mol. The average Bonchev–Trinajstić information content (AvgIpc) is 3.13. The summed E-state index contributed by atoms with van der Waals surface area (Å²) in [5.74, 6) is 1.38. The molecule has 0 radical (unpaired) electrons. The molecule has 0 saturated heterocycles. The summed E-state index contributed by atoms with van der Waals surface area (Å²) in [6.45, 7) is 0. The summed E-state index contributed by atoms with van der Waals surface area (Å²) in [6.07, 6.45) is 5.53. The molecule has 2 heterocycles. The van der Waals surface area contributed by atoms with Gasteiger partial charge in [-0.2, -0.15) is 0 Å². The fourth-order valence-corrected chi connectivity index (χ4v) is 2.66. The lowest BCUT2D eigenvalue weighted by Crippen LogP contribution is -2.19. The molecule has 2 aromatic carbocycles. The van der Waals surface area contributed by atoms with E-state index in [4.69, 9.17) is 4.74 Å². The number of carbonyl (C=O) groups excluding carboxylic acids is 1. The van der Waals surface area contributed by atoms with Gasteiger partial charge in [0.15, 0.2) is 0 Å². The number of nitrogens with zero attached hydrogens (tertiary/aromatic N) is 3. The number of carbonyl (C=O) groups is 1. The number of nitrogens with one attached hydrogen (secondary N) is 2. The van der Waals surface area contributed by atoms with E-state index in [2.05, 4.69) is 20.6 Å². The van der Waals surface area contributed by atoms with Gasteiger partial charge >= 0.3 is 6.03 Å². The van der Waals surface area contributed by atoms with Crippen molar-refractivity contribution in [2.24, 2.45) is 0 Å². The number of amides is 2. The van der Waals surface area contributed by atoms with Crippen molar-refractivity contribution in [3.63, 3.8) is 0 Å². The number of benzene rings is 2. The van der Waals surface area contributed by atoms with Crippen molar-refractivity contribution in [1.82, 2.24) is 14.4 Å². The minimum Gasteiger partial charge on any atom is -0.497 e. The van der Waals surface area contributed by atoms with Gasteiger partial charge in [-0.25, -0.2) is 14.8 Å². The van der Waals surface area contributed by atoms with Crippen molar-refractivity contribution in [2.75, 3.05) is 17.7 Å². The SMILES string of the molecule is COc1ccc(NC(=O)Nc2ccc(-c3cn4cccnc4n3)cc2)cc1. The van der Waals surface area contributed by atoms with Gasteiger partial charge in [-0.05, 0) is 42.5 Å². The van der Waals surface area contributed by atoms with E-state index in [0.29, 0.717) is 17.2 Å². The number of hydrogen-bond donors (Lipinski definition) is 2. The number of ether oxygens (including phenoxy) is 1. The molecule has 0 spiro atoms. The summed E-state index contributed by atoms with van der Waals surface area (Å²) in [5, 5.41) is 5.58. The van der Waals surface area contributed by atoms with E-state index in [1.165, 1.54) is 0 Å². The molecule has 0 saturated carbocycles. The molecule has 0 aliphatic rings. The van der Waals surface area contributed by atoms with E-state index in [9.17, 15) is 4.79 Å². The number of hydrogen-bond acceptors (Lipinski definition) is 4. The minimum atomic E-state index is -0.315. The molecule has 4 aromatic rings. The number of aromatic nitrogens is 3. The highest BCUT2D eigenvalue weighted by atomic mass is 16.5. The Morgan fingerprint density at radius 3 is 2.30 bits per heavy atom. The predicted octanol–water partition coefficient (Wildman–Crippen LogP) is 4.05. The standard InChI is InChI=1S/C20H17N5O2/c1-27-17-9-7-16(8-10-17)23-20(26)22-15-5-3-14(4-6-15)18-13-25-12-2-11-21-19(25)24-18/h2-13H,1H3,(H2,22,23,26). The maximum Gasteiger partial charge on any atom is 0.323 e. The zero-order valence-corrected chi connectivity index (χ0v) is 14.6. The molecule has 0 aliphatic carbocycles. The molecule has 0 unspecified atom stereocenters. The van der Waals surface area contributed by atoms with E-state index in [-0.39, 0.29) is 6.03 Å². The van der Waals surface area contributed by atoms with Gasteiger partial charge in [0.25, 0.3) is 0 Å². The van der Waals surface area contributed by atoms with Crippen LogP contribution in [-0.2, 0) is 0 Å². The highest BCUT2D eigenvalue weighted by Crippen LogP contribution is 2.21. The molecule has 0 atom stereocenters. The lowest BCUT2D eigenvalue weighted by molar-refractivity contribution is 0.262. The lowest BCUT2D eigenvalue weighted by atomic mass is 10.1. The summed E-state index contributed by atoms with van der Waals surface area (Å²) in [4.78, 5) is 20.8. The van der Waals surface area contributed by atoms with Crippen molar-refractivity contribution >= 4 is 23.2 Å². The number of urea groups is 1. The normalized spacial score (nSPS) is 10.6. The van der Waals surface area contributed by atoms with Crippen LogP contribution in [0.15, 0.2) is 73.2 Å². The molecule has 4 rings (SSSR count). The molecule has 7 nitrogen and oxygen atoms in total. The molecule has 0 bridgehead atoms. The van der Waals surface area contributed by atoms with Gasteiger partial charge in [-0.1, -0.05) is 12.1 Å². The lowest BCUT2D eigenvalue weighted by Gasteiger charge is -2.08. The summed E-state index contributed by atoms with van der Waals surface area (Å²) in [7, 11) is 1.60. The fraction of sp³-hybridized carbons (Fsp3) is 0.0500. The summed E-state index contributed by atoms with van der Waals surface area (Å²) < 4.78 is 6.96. The second kappa shape index (κ2) is 7.17. The Kier molecular flexibility index (Phi) is 4.40. The Morgan fingerprint density at radius 1 is 1.00 bits per heavy atom. The van der Waals surface area contributed by atoms with Crippen LogP contribution in [-0.4, -0.2) is 27.5 Å². The first-order valence-electron chi connectivity index (χ1n) is 8.33. The second-order valence-electron chi connectivity index (χ2n) is 5.84. The molecular formula is C20H17N5O2. The topological polar surface area (TPSA) is 80.5 Å². The summed E-state index contributed by atoms with van der Waals surface area (Å²) >= 11 is 0. The van der Waals surface area contributed by atoms with Gasteiger partial charge in [0.1, 0.15) is 5.75 Å². The van der Waals surface area contributed by atoms with E-state index in [1.54, 1.807) is 37.6 Å². The number of methoxy groups -OCH3 is 1. The largest absolute Gasteiger partial charge is 0.497 e. The molecule has 134 valence electrons. The third-order valence-electron chi connectivity index (χ3n) is 4.02. The van der Waals surface area contributed by atoms with Crippen LogP contribution >= 0.6 is 0 Å².